The molecule has 1 aliphatic rings. The topological polar surface area (TPSA) is 77.8 Å². The van der Waals surface area contributed by atoms with Crippen molar-refractivity contribution in [1.82, 2.24) is 15.4 Å². The van der Waals surface area contributed by atoms with Gasteiger partial charge in [0.15, 0.2) is 0 Å². The number of nitriles is 1. The lowest BCUT2D eigenvalue weighted by Crippen LogP contribution is -2.23. The van der Waals surface area contributed by atoms with Crippen molar-refractivity contribution in [2.24, 2.45) is 0 Å². The van der Waals surface area contributed by atoms with Gasteiger partial charge in [-0.05, 0) is 12.1 Å². The number of aromatic nitrogens is 3. The van der Waals surface area contributed by atoms with Crippen LogP contribution in [0.25, 0.3) is 0 Å². The Kier molecular flexibility index (Phi) is 3.78. The van der Waals surface area contributed by atoms with E-state index >= 15 is 0 Å². The van der Waals surface area contributed by atoms with Crippen molar-refractivity contribution >= 4 is 17.3 Å². The molecule has 0 radical (unpaired) electrons. The predicted octanol–water partition coefficient (Wildman–Crippen LogP) is 1.95. The molecule has 7 heteroatoms. The number of benzene rings is 1. The highest BCUT2D eigenvalue weighted by atomic mass is 35.5. The average Bonchev–Trinajstić information content (AvgIpc) is 3.15. The Bertz CT molecular complexity index is 666. The number of hydrogen-bond acceptors (Lipinski definition) is 5. The van der Waals surface area contributed by atoms with Gasteiger partial charge in [0.2, 0.25) is 0 Å². The summed E-state index contributed by atoms with van der Waals surface area (Å²) < 4.78 is 5.56. The molecule has 108 valence electrons. The molecule has 1 fully saturated rings. The Morgan fingerprint density at radius 1 is 1.48 bits per heavy atom. The highest BCUT2D eigenvalue weighted by Gasteiger charge is 2.36. The molecule has 0 aliphatic carbocycles. The third-order valence-electron chi connectivity index (χ3n) is 3.83. The number of aromatic amines is 1. The molecule has 1 saturated heterocycles. The number of nitrogens with zero attached hydrogens (tertiary/aromatic N) is 4. The first kappa shape index (κ1) is 13.9. The summed E-state index contributed by atoms with van der Waals surface area (Å²) >= 11 is 6.11. The van der Waals surface area contributed by atoms with Crippen LogP contribution in [-0.2, 0) is 4.74 Å². The zero-order valence-electron chi connectivity index (χ0n) is 11.5. The maximum Gasteiger partial charge on any atom is 0.103 e. The summed E-state index contributed by atoms with van der Waals surface area (Å²) in [6, 6.07) is 7.66. The molecule has 2 heterocycles. The Morgan fingerprint density at radius 3 is 3.00 bits per heavy atom. The largest absolute Gasteiger partial charge is 0.379 e. The minimum absolute atomic E-state index is 0.000578. The van der Waals surface area contributed by atoms with Gasteiger partial charge in [-0.1, -0.05) is 17.7 Å². The number of nitrogens with one attached hydrogen (secondary N) is 1. The fourth-order valence-electron chi connectivity index (χ4n) is 2.77. The number of ether oxygens (including phenoxy) is 1. The van der Waals surface area contributed by atoms with Crippen LogP contribution < -0.4 is 4.90 Å². The first-order valence-electron chi connectivity index (χ1n) is 6.56. The molecule has 0 bridgehead atoms. The maximum atomic E-state index is 9.31. The molecule has 2 aromatic rings. The first-order chi connectivity index (χ1) is 10.2. The van der Waals surface area contributed by atoms with Crippen LogP contribution in [0.15, 0.2) is 24.4 Å². The molecular weight excluding hydrogens is 290 g/mol. The van der Waals surface area contributed by atoms with Crippen LogP contribution in [0.1, 0.15) is 17.2 Å². The number of hydrogen-bond donors (Lipinski definition) is 1. The Hall–Kier alpha value is -2.10. The third kappa shape index (κ3) is 2.46. The van der Waals surface area contributed by atoms with Gasteiger partial charge in [0, 0.05) is 20.2 Å². The van der Waals surface area contributed by atoms with E-state index in [1.165, 1.54) is 0 Å². The molecule has 0 spiro atoms. The molecule has 1 aromatic heterocycles. The van der Waals surface area contributed by atoms with Crippen LogP contribution in [0.5, 0.6) is 0 Å². The molecule has 1 aromatic carbocycles. The zero-order chi connectivity index (χ0) is 14.8. The van der Waals surface area contributed by atoms with Crippen molar-refractivity contribution < 1.29 is 4.74 Å². The highest BCUT2D eigenvalue weighted by molar-refractivity contribution is 6.32. The second kappa shape index (κ2) is 5.72. The highest BCUT2D eigenvalue weighted by Crippen LogP contribution is 2.34. The lowest BCUT2D eigenvalue weighted by atomic mass is 10.0. The molecule has 0 unspecified atom stereocenters. The lowest BCUT2D eigenvalue weighted by Gasteiger charge is -2.20. The maximum absolute atomic E-state index is 9.31. The van der Waals surface area contributed by atoms with Crippen LogP contribution in [0.3, 0.4) is 0 Å². The van der Waals surface area contributed by atoms with Gasteiger partial charge < -0.3 is 9.64 Å². The average molecular weight is 304 g/mol. The van der Waals surface area contributed by atoms with Crippen LogP contribution in [0.4, 0.5) is 5.69 Å². The number of anilines is 1. The van der Waals surface area contributed by atoms with E-state index in [0.717, 1.165) is 11.4 Å². The van der Waals surface area contributed by atoms with E-state index in [2.05, 4.69) is 26.4 Å². The quantitative estimate of drug-likeness (QED) is 0.937. The standard InChI is InChI=1S/C14H14ClN5O/c1-21-14-8-20(7-10(14)12-6-17-19-18-12)13-4-2-3-11(15)9(13)5-16/h2-4,6,10,14H,7-8H2,1H3,(H,17,18,19)/t10-,14+/m0/s1. The predicted molar refractivity (Wildman–Crippen MR) is 78.3 cm³/mol. The lowest BCUT2D eigenvalue weighted by molar-refractivity contribution is 0.106. The molecular formula is C14H14ClN5O. The van der Waals surface area contributed by atoms with Crippen LogP contribution in [0, 0.1) is 11.3 Å². The van der Waals surface area contributed by atoms with Gasteiger partial charge in [-0.3, -0.25) is 0 Å². The zero-order valence-corrected chi connectivity index (χ0v) is 12.2. The molecule has 0 amide bonds. The second-order valence-electron chi connectivity index (χ2n) is 4.93. The second-order valence-corrected chi connectivity index (χ2v) is 5.33. The number of halogens is 1. The van der Waals surface area contributed by atoms with Crippen LogP contribution >= 0.6 is 11.6 Å². The van der Waals surface area contributed by atoms with Crippen molar-refractivity contribution in [3.05, 3.63) is 40.7 Å². The number of H-pyrrole nitrogens is 1. The molecule has 2 atom stereocenters. The molecule has 21 heavy (non-hydrogen) atoms. The fourth-order valence-corrected chi connectivity index (χ4v) is 2.98. The van der Waals surface area contributed by atoms with Gasteiger partial charge in [-0.15, -0.1) is 0 Å². The SMILES string of the molecule is CO[C@@H]1CN(c2cccc(Cl)c2C#N)C[C@H]1c1cn[nH]n1. The summed E-state index contributed by atoms with van der Waals surface area (Å²) in [6.45, 7) is 1.39. The van der Waals surface area contributed by atoms with E-state index in [0.29, 0.717) is 23.7 Å². The normalized spacial score (nSPS) is 21.5. The Labute approximate surface area is 127 Å². The van der Waals surface area contributed by atoms with Crippen molar-refractivity contribution in [2.75, 3.05) is 25.1 Å². The fraction of sp³-hybridized carbons (Fsp3) is 0.357. The summed E-state index contributed by atoms with van der Waals surface area (Å²) in [6.07, 6.45) is 1.71. The van der Waals surface area contributed by atoms with Crippen LogP contribution in [-0.4, -0.2) is 41.7 Å². The van der Waals surface area contributed by atoms with Gasteiger partial charge in [-0.25, -0.2) is 0 Å². The summed E-state index contributed by atoms with van der Waals surface area (Å²) in [5.41, 5.74) is 2.19. The Balaban J connectivity index is 1.92. The van der Waals surface area contributed by atoms with E-state index in [-0.39, 0.29) is 12.0 Å². The van der Waals surface area contributed by atoms with Gasteiger partial charge in [0.25, 0.3) is 0 Å². The van der Waals surface area contributed by atoms with Gasteiger partial charge in [0.05, 0.1) is 40.2 Å². The van der Waals surface area contributed by atoms with Crippen molar-refractivity contribution in [3.63, 3.8) is 0 Å². The summed E-state index contributed by atoms with van der Waals surface area (Å²) in [4.78, 5) is 2.11. The van der Waals surface area contributed by atoms with E-state index < -0.39 is 0 Å². The van der Waals surface area contributed by atoms with Crippen molar-refractivity contribution in [2.45, 2.75) is 12.0 Å². The Morgan fingerprint density at radius 2 is 2.33 bits per heavy atom. The van der Waals surface area contributed by atoms with E-state index in [9.17, 15) is 5.26 Å². The van der Waals surface area contributed by atoms with Gasteiger partial charge >= 0.3 is 0 Å². The molecule has 0 saturated carbocycles. The minimum atomic E-state index is 0.000578. The third-order valence-corrected chi connectivity index (χ3v) is 4.14. The van der Waals surface area contributed by atoms with Crippen molar-refractivity contribution in [1.29, 1.82) is 5.26 Å². The summed E-state index contributed by atoms with van der Waals surface area (Å²) in [5, 5.41) is 20.4. The van der Waals surface area contributed by atoms with E-state index in [4.69, 9.17) is 16.3 Å². The molecule has 3 rings (SSSR count). The van der Waals surface area contributed by atoms with Gasteiger partial charge in [-0.2, -0.15) is 20.7 Å². The molecule has 6 nitrogen and oxygen atoms in total. The molecule has 1 aliphatic heterocycles. The number of rotatable bonds is 3. The van der Waals surface area contributed by atoms with E-state index in [1.807, 2.05) is 12.1 Å². The summed E-state index contributed by atoms with van der Waals surface area (Å²) in [5.74, 6) is 0.110. The summed E-state index contributed by atoms with van der Waals surface area (Å²) in [7, 11) is 1.68. The molecule has 1 N–H and O–H groups in total. The van der Waals surface area contributed by atoms with Gasteiger partial charge in [0.1, 0.15) is 6.07 Å². The monoisotopic (exact) mass is 303 g/mol. The van der Waals surface area contributed by atoms with Crippen molar-refractivity contribution in [3.8, 4) is 6.07 Å². The van der Waals surface area contributed by atoms with E-state index in [1.54, 1.807) is 19.4 Å². The number of methoxy groups -OCH3 is 1. The smallest absolute Gasteiger partial charge is 0.103 e. The first-order valence-corrected chi connectivity index (χ1v) is 6.94. The van der Waals surface area contributed by atoms with Crippen LogP contribution in [0.2, 0.25) is 5.02 Å². The minimum Gasteiger partial charge on any atom is -0.379 e.